The number of nitrogens with two attached hydrogens (primary N) is 1. The first kappa shape index (κ1) is 15.5. The van der Waals surface area contributed by atoms with Gasteiger partial charge < -0.3 is 11.1 Å². The molecular weight excluding hydrogens is 296 g/mol. The molecule has 0 aliphatic heterocycles. The Kier molecular flexibility index (Phi) is 4.82. The van der Waals surface area contributed by atoms with Gasteiger partial charge in [-0.05, 0) is 37.3 Å². The summed E-state index contributed by atoms with van der Waals surface area (Å²) in [5, 5.41) is 2.78. The van der Waals surface area contributed by atoms with Crippen molar-refractivity contribution < 1.29 is 13.2 Å². The molecule has 0 radical (unpaired) electrons. The molecule has 1 atom stereocenters. The van der Waals surface area contributed by atoms with Crippen molar-refractivity contribution in [3.8, 4) is 0 Å². The SMILES string of the molecule is CS(=O)(=O)CCC(N)C(=O)NCc1cc2c(s1)CCC2. The lowest BCUT2D eigenvalue weighted by Crippen LogP contribution is -2.41. The molecule has 112 valence electrons. The maximum absolute atomic E-state index is 11.8. The second-order valence-corrected chi connectivity index (χ2v) is 8.74. The zero-order chi connectivity index (χ0) is 14.8. The fourth-order valence-electron chi connectivity index (χ4n) is 2.26. The molecule has 1 amide bonds. The summed E-state index contributed by atoms with van der Waals surface area (Å²) in [4.78, 5) is 14.3. The van der Waals surface area contributed by atoms with Crippen molar-refractivity contribution in [1.29, 1.82) is 0 Å². The Morgan fingerprint density at radius 3 is 2.90 bits per heavy atom. The lowest BCUT2D eigenvalue weighted by atomic mass is 10.2. The fraction of sp³-hybridized carbons (Fsp3) is 0.615. The number of aryl methyl sites for hydroxylation is 2. The van der Waals surface area contributed by atoms with E-state index in [9.17, 15) is 13.2 Å². The molecule has 0 spiro atoms. The van der Waals surface area contributed by atoms with Gasteiger partial charge in [-0.3, -0.25) is 4.79 Å². The summed E-state index contributed by atoms with van der Waals surface area (Å²) >= 11 is 1.74. The average Bonchev–Trinajstić information content (AvgIpc) is 2.92. The van der Waals surface area contributed by atoms with Gasteiger partial charge in [-0.1, -0.05) is 0 Å². The predicted octanol–water partition coefficient (Wildman–Crippen LogP) is 0.615. The van der Waals surface area contributed by atoms with Crippen molar-refractivity contribution in [1.82, 2.24) is 5.32 Å². The Hall–Kier alpha value is -0.920. The minimum Gasteiger partial charge on any atom is -0.350 e. The lowest BCUT2D eigenvalue weighted by Gasteiger charge is -2.11. The Morgan fingerprint density at radius 1 is 1.50 bits per heavy atom. The van der Waals surface area contributed by atoms with Gasteiger partial charge in [0.25, 0.3) is 0 Å². The van der Waals surface area contributed by atoms with Gasteiger partial charge in [-0.15, -0.1) is 11.3 Å². The summed E-state index contributed by atoms with van der Waals surface area (Å²) in [6.07, 6.45) is 4.80. The number of hydrogen-bond acceptors (Lipinski definition) is 5. The lowest BCUT2D eigenvalue weighted by molar-refractivity contribution is -0.122. The molecule has 0 aromatic carbocycles. The van der Waals surface area contributed by atoms with E-state index in [0.717, 1.165) is 24.0 Å². The van der Waals surface area contributed by atoms with Crippen molar-refractivity contribution in [2.45, 2.75) is 38.3 Å². The summed E-state index contributed by atoms with van der Waals surface area (Å²) in [6, 6.07) is 1.38. The van der Waals surface area contributed by atoms with E-state index in [-0.39, 0.29) is 18.1 Å². The normalized spacial score (nSPS) is 15.9. The maximum Gasteiger partial charge on any atom is 0.237 e. The van der Waals surface area contributed by atoms with Crippen LogP contribution in [0, 0.1) is 0 Å². The zero-order valence-electron chi connectivity index (χ0n) is 11.5. The highest BCUT2D eigenvalue weighted by Gasteiger charge is 2.18. The Labute approximate surface area is 123 Å². The molecule has 0 saturated carbocycles. The van der Waals surface area contributed by atoms with Crippen LogP contribution in [-0.2, 0) is 34.0 Å². The second kappa shape index (κ2) is 6.24. The molecule has 5 nitrogen and oxygen atoms in total. The number of thiophene rings is 1. The topological polar surface area (TPSA) is 89.3 Å². The number of sulfone groups is 1. The van der Waals surface area contributed by atoms with Crippen LogP contribution < -0.4 is 11.1 Å². The van der Waals surface area contributed by atoms with E-state index in [0.29, 0.717) is 6.54 Å². The number of rotatable bonds is 6. The molecule has 0 bridgehead atoms. The van der Waals surface area contributed by atoms with Crippen LogP contribution in [-0.4, -0.2) is 32.4 Å². The molecule has 1 unspecified atom stereocenters. The van der Waals surface area contributed by atoms with E-state index in [1.165, 1.54) is 16.9 Å². The standard InChI is InChI=1S/C13H20N2O3S2/c1-20(17,18)6-5-11(14)13(16)15-8-10-7-9-3-2-4-12(9)19-10/h7,11H,2-6,8,14H2,1H3,(H,15,16). The van der Waals surface area contributed by atoms with E-state index in [2.05, 4.69) is 11.4 Å². The largest absolute Gasteiger partial charge is 0.350 e. The number of carbonyl (C=O) groups is 1. The van der Waals surface area contributed by atoms with E-state index in [1.807, 2.05) is 0 Å². The number of carbonyl (C=O) groups excluding carboxylic acids is 1. The van der Waals surface area contributed by atoms with Crippen molar-refractivity contribution in [3.63, 3.8) is 0 Å². The molecule has 1 aromatic rings. The highest BCUT2D eigenvalue weighted by Crippen LogP contribution is 2.30. The summed E-state index contributed by atoms with van der Waals surface area (Å²) in [7, 11) is -3.08. The van der Waals surface area contributed by atoms with Gasteiger partial charge in [0.05, 0.1) is 18.3 Å². The van der Waals surface area contributed by atoms with Gasteiger partial charge in [-0.25, -0.2) is 8.42 Å². The second-order valence-electron chi connectivity index (χ2n) is 5.26. The molecule has 7 heteroatoms. The van der Waals surface area contributed by atoms with Crippen LogP contribution in [0.1, 0.15) is 28.2 Å². The Bertz CT molecular complexity index is 571. The van der Waals surface area contributed by atoms with Crippen molar-refractivity contribution in [2.24, 2.45) is 5.73 Å². The molecule has 1 heterocycles. The third-order valence-corrected chi connectivity index (χ3v) is 5.59. The first-order valence-corrected chi connectivity index (χ1v) is 9.54. The first-order valence-electron chi connectivity index (χ1n) is 6.66. The third kappa shape index (κ3) is 4.29. The molecule has 1 aliphatic carbocycles. The smallest absolute Gasteiger partial charge is 0.237 e. The fourth-order valence-corrected chi connectivity index (χ4v) is 4.14. The summed E-state index contributed by atoms with van der Waals surface area (Å²) in [6.45, 7) is 0.475. The quantitative estimate of drug-likeness (QED) is 0.805. The van der Waals surface area contributed by atoms with Gasteiger partial charge in [0, 0.05) is 16.0 Å². The molecule has 0 saturated heterocycles. The highest BCUT2D eigenvalue weighted by atomic mass is 32.2. The summed E-state index contributed by atoms with van der Waals surface area (Å²) < 4.78 is 22.1. The van der Waals surface area contributed by atoms with Crippen LogP contribution in [0.4, 0.5) is 0 Å². The number of nitrogens with one attached hydrogen (secondary N) is 1. The van der Waals surface area contributed by atoms with Crippen LogP contribution in [0.25, 0.3) is 0 Å². The van der Waals surface area contributed by atoms with E-state index in [1.54, 1.807) is 11.3 Å². The van der Waals surface area contributed by atoms with Crippen molar-refractivity contribution in [2.75, 3.05) is 12.0 Å². The molecule has 3 N–H and O–H groups in total. The van der Waals surface area contributed by atoms with Gasteiger partial charge >= 0.3 is 0 Å². The Balaban J connectivity index is 1.79. The first-order chi connectivity index (χ1) is 9.35. The third-order valence-electron chi connectivity index (χ3n) is 3.37. The van der Waals surface area contributed by atoms with E-state index >= 15 is 0 Å². The monoisotopic (exact) mass is 316 g/mol. The van der Waals surface area contributed by atoms with Crippen molar-refractivity contribution >= 4 is 27.1 Å². The molecule has 20 heavy (non-hydrogen) atoms. The van der Waals surface area contributed by atoms with Gasteiger partial charge in [0.15, 0.2) is 0 Å². The van der Waals surface area contributed by atoms with E-state index < -0.39 is 15.9 Å². The maximum atomic E-state index is 11.8. The zero-order valence-corrected chi connectivity index (χ0v) is 13.1. The number of hydrogen-bond donors (Lipinski definition) is 2. The van der Waals surface area contributed by atoms with Crippen LogP contribution in [0.3, 0.4) is 0 Å². The molecule has 1 aliphatic rings. The average molecular weight is 316 g/mol. The molecular formula is C13H20N2O3S2. The van der Waals surface area contributed by atoms with Gasteiger partial charge in [0.2, 0.25) is 5.91 Å². The predicted molar refractivity (Wildman–Crippen MR) is 80.5 cm³/mol. The summed E-state index contributed by atoms with van der Waals surface area (Å²) in [5.74, 6) is -0.350. The number of fused-ring (bicyclic) bond motifs is 1. The highest BCUT2D eigenvalue weighted by molar-refractivity contribution is 7.90. The number of amides is 1. The molecule has 0 fully saturated rings. The van der Waals surface area contributed by atoms with Crippen LogP contribution in [0.15, 0.2) is 6.07 Å². The van der Waals surface area contributed by atoms with Crippen LogP contribution in [0.2, 0.25) is 0 Å². The minimum atomic E-state index is -3.08. The summed E-state index contributed by atoms with van der Waals surface area (Å²) in [5.41, 5.74) is 7.09. The van der Waals surface area contributed by atoms with E-state index in [4.69, 9.17) is 5.73 Å². The van der Waals surface area contributed by atoms with Crippen LogP contribution >= 0.6 is 11.3 Å². The van der Waals surface area contributed by atoms with Gasteiger partial charge in [-0.2, -0.15) is 0 Å². The van der Waals surface area contributed by atoms with Crippen molar-refractivity contribution in [3.05, 3.63) is 21.4 Å². The van der Waals surface area contributed by atoms with Crippen LogP contribution in [0.5, 0.6) is 0 Å². The van der Waals surface area contributed by atoms with Gasteiger partial charge in [0.1, 0.15) is 9.84 Å². The molecule has 2 rings (SSSR count). The Morgan fingerprint density at radius 2 is 2.25 bits per heavy atom. The molecule has 1 aromatic heterocycles. The minimum absolute atomic E-state index is 0.0606.